The third-order valence-electron chi connectivity index (χ3n) is 12.1. The van der Waals surface area contributed by atoms with E-state index in [1.165, 1.54) is 32.7 Å². The van der Waals surface area contributed by atoms with E-state index in [0.717, 1.165) is 72.9 Å². The zero-order valence-corrected chi connectivity index (χ0v) is 33.5. The van der Waals surface area contributed by atoms with Crippen LogP contribution in [0.3, 0.4) is 0 Å². The largest absolute Gasteiger partial charge is 0.454 e. The van der Waals surface area contributed by atoms with Gasteiger partial charge in [-0.3, -0.25) is 0 Å². The van der Waals surface area contributed by atoms with Gasteiger partial charge in [-0.1, -0.05) is 153 Å². The molecule has 0 fully saturated rings. The van der Waals surface area contributed by atoms with Crippen LogP contribution in [-0.2, 0) is 0 Å². The molecule has 3 aromatic heterocycles. The predicted molar refractivity (Wildman–Crippen MR) is 251 cm³/mol. The highest BCUT2D eigenvalue weighted by atomic mass is 16.3. The third kappa shape index (κ3) is 6.05. The normalized spacial score (nSPS) is 14.3. The number of fused-ring (bicyclic) bond motifs is 7. The number of hydrogen-bond acceptors (Lipinski definition) is 4. The van der Waals surface area contributed by atoms with E-state index in [1.807, 2.05) is 18.2 Å². The topological polar surface area (TPSA) is 56.7 Å². The fourth-order valence-corrected chi connectivity index (χ4v) is 9.24. The first kappa shape index (κ1) is 35.1. The summed E-state index contributed by atoms with van der Waals surface area (Å²) in [4.78, 5) is 16.0. The van der Waals surface area contributed by atoms with E-state index >= 15 is 0 Å². The average Bonchev–Trinajstić information content (AvgIpc) is 3.86. The number of allylic oxidation sites excluding steroid dienone is 4. The third-order valence-corrected chi connectivity index (χ3v) is 12.1. The minimum atomic E-state index is 0.298. The summed E-state index contributed by atoms with van der Waals surface area (Å²) in [6, 6.07) is 64.1. The fraction of sp³-hybridized carbons (Fsp3) is 0.0536. The highest BCUT2D eigenvalue weighted by Gasteiger charge is 2.23. The Labute approximate surface area is 352 Å². The van der Waals surface area contributed by atoms with Crippen molar-refractivity contribution in [1.82, 2.24) is 19.5 Å². The zero-order chi connectivity index (χ0) is 40.4. The van der Waals surface area contributed by atoms with Gasteiger partial charge >= 0.3 is 0 Å². The Morgan fingerprint density at radius 1 is 0.475 bits per heavy atom. The molecule has 0 saturated heterocycles. The second kappa shape index (κ2) is 14.1. The van der Waals surface area contributed by atoms with Gasteiger partial charge in [0.2, 0.25) is 0 Å². The molecule has 0 radical (unpaired) electrons. The van der Waals surface area contributed by atoms with Crippen LogP contribution in [0.15, 0.2) is 199 Å². The number of para-hydroxylation sites is 2. The Kier molecular flexibility index (Phi) is 8.13. The maximum absolute atomic E-state index is 6.83. The van der Waals surface area contributed by atoms with Gasteiger partial charge in [-0.25, -0.2) is 15.0 Å². The maximum Gasteiger partial charge on any atom is 0.164 e. The van der Waals surface area contributed by atoms with E-state index in [0.29, 0.717) is 23.4 Å². The molecule has 1 unspecified atom stereocenters. The van der Waals surface area contributed by atoms with Gasteiger partial charge in [0.1, 0.15) is 5.58 Å². The summed E-state index contributed by atoms with van der Waals surface area (Å²) in [5.41, 5.74) is 12.3. The van der Waals surface area contributed by atoms with E-state index in [1.54, 1.807) is 0 Å². The van der Waals surface area contributed by atoms with Crippen molar-refractivity contribution in [2.45, 2.75) is 13.3 Å². The second-order valence-electron chi connectivity index (χ2n) is 16.1. The molecule has 0 saturated carbocycles. The molecule has 8 aromatic carbocycles. The van der Waals surface area contributed by atoms with Gasteiger partial charge in [0.25, 0.3) is 0 Å². The lowest BCUT2D eigenvalue weighted by Crippen LogP contribution is -2.07. The number of furan rings is 1. The molecule has 11 aromatic rings. The minimum absolute atomic E-state index is 0.298. The van der Waals surface area contributed by atoms with Crippen LogP contribution in [-0.4, -0.2) is 19.5 Å². The van der Waals surface area contributed by atoms with Crippen molar-refractivity contribution in [2.24, 2.45) is 5.92 Å². The van der Waals surface area contributed by atoms with Gasteiger partial charge in [-0.05, 0) is 99.5 Å². The standard InChI is InChI=1S/C56H38N4O/c1-35-27-42(37-17-6-3-7-18-37)30-43(28-35)55-57-54(41-22-14-21-38(29-41)36-15-4-2-5-16-36)58-56(59-55)44-32-48-46-24-11-13-26-52(46)61-53(48)51(34-44)60-49-25-12-10-23-45(49)47-31-39-19-8-9-20-40(39)33-50(47)60/h2-27,29-35H,28H2,1H3. The number of hydrogen-bond donors (Lipinski definition) is 0. The predicted octanol–water partition coefficient (Wildman–Crippen LogP) is 14.5. The summed E-state index contributed by atoms with van der Waals surface area (Å²) in [6.07, 6.45) is 5.43. The van der Waals surface area contributed by atoms with E-state index < -0.39 is 0 Å². The van der Waals surface area contributed by atoms with Crippen LogP contribution in [0.2, 0.25) is 0 Å². The van der Waals surface area contributed by atoms with Crippen LogP contribution in [0.1, 0.15) is 24.7 Å². The average molecular weight is 783 g/mol. The molecule has 0 N–H and O–H groups in total. The summed E-state index contributed by atoms with van der Waals surface area (Å²) in [7, 11) is 0. The van der Waals surface area contributed by atoms with Gasteiger partial charge in [-0.15, -0.1) is 0 Å². The van der Waals surface area contributed by atoms with Crippen molar-refractivity contribution in [3.63, 3.8) is 0 Å². The molecule has 0 amide bonds. The zero-order valence-electron chi connectivity index (χ0n) is 33.5. The lowest BCUT2D eigenvalue weighted by molar-refractivity contribution is 0.666. The van der Waals surface area contributed by atoms with Crippen molar-refractivity contribution in [3.05, 3.63) is 206 Å². The van der Waals surface area contributed by atoms with Crippen LogP contribution in [0.5, 0.6) is 0 Å². The summed E-state index contributed by atoms with van der Waals surface area (Å²) < 4.78 is 9.19. The molecule has 1 atom stereocenters. The van der Waals surface area contributed by atoms with Gasteiger partial charge in [0, 0.05) is 32.7 Å². The molecule has 5 nitrogen and oxygen atoms in total. The first-order valence-corrected chi connectivity index (χ1v) is 20.9. The first-order valence-electron chi connectivity index (χ1n) is 20.9. The van der Waals surface area contributed by atoms with Crippen LogP contribution in [0.4, 0.5) is 0 Å². The molecule has 288 valence electrons. The van der Waals surface area contributed by atoms with Crippen LogP contribution < -0.4 is 0 Å². The molecule has 1 aliphatic carbocycles. The molecule has 0 aliphatic heterocycles. The molecule has 3 heterocycles. The second-order valence-corrected chi connectivity index (χ2v) is 16.1. The molecule has 0 spiro atoms. The van der Waals surface area contributed by atoms with Gasteiger partial charge in [0.15, 0.2) is 23.1 Å². The van der Waals surface area contributed by atoms with Crippen molar-refractivity contribution in [3.8, 4) is 39.6 Å². The monoisotopic (exact) mass is 782 g/mol. The Morgan fingerprint density at radius 3 is 1.93 bits per heavy atom. The minimum Gasteiger partial charge on any atom is -0.454 e. The molecular weight excluding hydrogens is 745 g/mol. The highest BCUT2D eigenvalue weighted by molar-refractivity contribution is 6.16. The van der Waals surface area contributed by atoms with Crippen molar-refractivity contribution in [1.29, 1.82) is 0 Å². The Hall–Kier alpha value is -7.89. The lowest BCUT2D eigenvalue weighted by Gasteiger charge is -2.19. The van der Waals surface area contributed by atoms with Gasteiger partial charge < -0.3 is 8.98 Å². The van der Waals surface area contributed by atoms with E-state index in [-0.39, 0.29) is 0 Å². The fourth-order valence-electron chi connectivity index (χ4n) is 9.24. The molecule has 0 bridgehead atoms. The van der Waals surface area contributed by atoms with E-state index in [9.17, 15) is 0 Å². The number of nitrogens with zero attached hydrogens (tertiary/aromatic N) is 4. The number of benzene rings is 8. The Morgan fingerprint density at radius 2 is 1.11 bits per heavy atom. The van der Waals surface area contributed by atoms with Crippen molar-refractivity contribution in [2.75, 3.05) is 0 Å². The summed E-state index contributed by atoms with van der Waals surface area (Å²) in [5.74, 6) is 2.21. The van der Waals surface area contributed by atoms with Crippen LogP contribution in [0, 0.1) is 5.92 Å². The molecule has 5 heteroatoms. The number of aromatic nitrogens is 4. The Balaban J connectivity index is 1.13. The summed E-state index contributed by atoms with van der Waals surface area (Å²) in [6.45, 7) is 2.27. The molecular formula is C56H38N4O. The van der Waals surface area contributed by atoms with Gasteiger partial charge in [-0.2, -0.15) is 0 Å². The summed E-state index contributed by atoms with van der Waals surface area (Å²) in [5, 5.41) is 6.80. The molecule has 12 rings (SSSR count). The SMILES string of the molecule is CC1C=C(c2ccccc2)C=C(c2nc(-c3cccc(-c4ccccc4)c3)nc(-c3cc(-n4c5ccccc5c5cc6ccccc6cc54)c4oc5ccccc5c4c3)n2)C1. The maximum atomic E-state index is 6.83. The summed E-state index contributed by atoms with van der Waals surface area (Å²) >= 11 is 0. The van der Waals surface area contributed by atoms with Gasteiger partial charge in [0.05, 0.1) is 16.7 Å². The van der Waals surface area contributed by atoms with Crippen LogP contribution in [0.25, 0.3) is 105 Å². The van der Waals surface area contributed by atoms with Crippen molar-refractivity contribution >= 4 is 65.7 Å². The Bertz CT molecular complexity index is 3580. The molecule has 61 heavy (non-hydrogen) atoms. The van der Waals surface area contributed by atoms with E-state index in [2.05, 4.69) is 187 Å². The quantitative estimate of drug-likeness (QED) is 0.169. The molecule has 1 aliphatic rings. The van der Waals surface area contributed by atoms with Crippen molar-refractivity contribution < 1.29 is 4.42 Å². The number of rotatable bonds is 6. The van der Waals surface area contributed by atoms with E-state index in [4.69, 9.17) is 19.4 Å². The smallest absolute Gasteiger partial charge is 0.164 e. The highest BCUT2D eigenvalue weighted by Crippen LogP contribution is 2.42. The van der Waals surface area contributed by atoms with Crippen LogP contribution >= 0.6 is 0 Å². The lowest BCUT2D eigenvalue weighted by atomic mass is 9.88. The first-order chi connectivity index (χ1) is 30.1.